The molecule has 3 aromatic rings. The van der Waals surface area contributed by atoms with Crippen LogP contribution in [0.3, 0.4) is 0 Å². The van der Waals surface area contributed by atoms with Crippen LogP contribution in [0.25, 0.3) is 10.7 Å². The number of ether oxygens (including phenoxy) is 4. The first kappa shape index (κ1) is 16.6. The molecule has 0 radical (unpaired) electrons. The highest BCUT2D eigenvalue weighted by Gasteiger charge is 2.23. The molecule has 1 aromatic carbocycles. The summed E-state index contributed by atoms with van der Waals surface area (Å²) in [5, 5.41) is 6.13. The van der Waals surface area contributed by atoms with Gasteiger partial charge in [0.15, 0.2) is 17.3 Å². The fourth-order valence-corrected chi connectivity index (χ4v) is 3.13. The highest BCUT2D eigenvalue weighted by molar-refractivity contribution is 7.13. The minimum atomic E-state index is -0.333. The molecule has 0 saturated heterocycles. The molecule has 8 nitrogen and oxygen atoms in total. The van der Waals surface area contributed by atoms with Crippen molar-refractivity contribution in [2.75, 3.05) is 27.1 Å². The van der Waals surface area contributed by atoms with Crippen molar-refractivity contribution in [3.05, 3.63) is 41.3 Å². The SMILES string of the molecule is COCCOc1nc(-c2cccs2)n(C(=O)c2ccc3c(c2)OCO3)n1. The normalized spacial score (nSPS) is 12.3. The molecule has 0 amide bonds. The average molecular weight is 373 g/mol. The van der Waals surface area contributed by atoms with E-state index in [9.17, 15) is 4.79 Å². The van der Waals surface area contributed by atoms with E-state index in [0.29, 0.717) is 36.1 Å². The maximum absolute atomic E-state index is 13.0. The predicted octanol–water partition coefficient (Wildman–Crippen LogP) is 2.45. The van der Waals surface area contributed by atoms with Crippen molar-refractivity contribution in [1.82, 2.24) is 14.8 Å². The number of nitrogens with zero attached hydrogens (tertiary/aromatic N) is 3. The van der Waals surface area contributed by atoms with Crippen molar-refractivity contribution in [2.24, 2.45) is 0 Å². The summed E-state index contributed by atoms with van der Waals surface area (Å²) in [6, 6.07) is 8.89. The van der Waals surface area contributed by atoms with Crippen LogP contribution in [0.2, 0.25) is 0 Å². The average Bonchev–Trinajstić information content (AvgIpc) is 3.40. The quantitative estimate of drug-likeness (QED) is 0.614. The molecular weight excluding hydrogens is 358 g/mol. The van der Waals surface area contributed by atoms with E-state index in [1.165, 1.54) is 16.0 Å². The molecule has 26 heavy (non-hydrogen) atoms. The Balaban J connectivity index is 1.68. The first-order valence-electron chi connectivity index (χ1n) is 7.83. The maximum atomic E-state index is 13.0. The molecule has 0 saturated carbocycles. The minimum Gasteiger partial charge on any atom is -0.460 e. The zero-order chi connectivity index (χ0) is 17.9. The predicted molar refractivity (Wildman–Crippen MR) is 93.0 cm³/mol. The van der Waals surface area contributed by atoms with Crippen molar-refractivity contribution < 1.29 is 23.7 Å². The van der Waals surface area contributed by atoms with Gasteiger partial charge in [0.1, 0.15) is 6.61 Å². The lowest BCUT2D eigenvalue weighted by Crippen LogP contribution is -2.15. The van der Waals surface area contributed by atoms with Gasteiger partial charge in [-0.05, 0) is 29.6 Å². The second-order valence-electron chi connectivity index (χ2n) is 5.32. The van der Waals surface area contributed by atoms with Crippen LogP contribution in [0.5, 0.6) is 17.5 Å². The summed E-state index contributed by atoms with van der Waals surface area (Å²) < 4.78 is 22.3. The number of carbonyl (C=O) groups is 1. The van der Waals surface area contributed by atoms with E-state index in [1.807, 2.05) is 17.5 Å². The highest BCUT2D eigenvalue weighted by atomic mass is 32.1. The number of benzene rings is 1. The van der Waals surface area contributed by atoms with E-state index in [4.69, 9.17) is 18.9 Å². The van der Waals surface area contributed by atoms with Crippen molar-refractivity contribution >= 4 is 17.2 Å². The van der Waals surface area contributed by atoms with Gasteiger partial charge in [-0.15, -0.1) is 16.4 Å². The van der Waals surface area contributed by atoms with Crippen molar-refractivity contribution in [3.63, 3.8) is 0 Å². The Bertz CT molecular complexity index is 923. The molecule has 1 aliphatic heterocycles. The van der Waals surface area contributed by atoms with Crippen molar-refractivity contribution in [1.29, 1.82) is 0 Å². The standard InChI is InChI=1S/C17H15N3O5S/c1-22-6-7-23-17-18-15(14-3-2-8-26-14)20(19-17)16(21)11-4-5-12-13(9-11)25-10-24-12/h2-5,8-9H,6-7,10H2,1H3. The monoisotopic (exact) mass is 373 g/mol. The van der Waals surface area contributed by atoms with Crippen molar-refractivity contribution in [2.45, 2.75) is 0 Å². The van der Waals surface area contributed by atoms with Crippen LogP contribution >= 0.6 is 11.3 Å². The Hall–Kier alpha value is -2.91. The second kappa shape index (κ2) is 7.14. The van der Waals surface area contributed by atoms with Crippen LogP contribution in [0.4, 0.5) is 0 Å². The van der Waals surface area contributed by atoms with Crippen LogP contribution in [0.15, 0.2) is 35.7 Å². The summed E-state index contributed by atoms with van der Waals surface area (Å²) in [4.78, 5) is 18.2. The van der Waals surface area contributed by atoms with E-state index in [0.717, 1.165) is 4.88 Å². The van der Waals surface area contributed by atoms with Crippen LogP contribution in [0.1, 0.15) is 10.4 Å². The van der Waals surface area contributed by atoms with E-state index in [-0.39, 0.29) is 18.7 Å². The fourth-order valence-electron chi connectivity index (χ4n) is 2.43. The molecule has 3 heterocycles. The molecular formula is C17H15N3O5S. The third kappa shape index (κ3) is 3.14. The molecule has 0 fully saturated rings. The number of fused-ring (bicyclic) bond motifs is 1. The lowest BCUT2D eigenvalue weighted by atomic mass is 10.2. The van der Waals surface area contributed by atoms with Gasteiger partial charge in [-0.3, -0.25) is 4.79 Å². The van der Waals surface area contributed by atoms with Gasteiger partial charge >= 0.3 is 6.01 Å². The topological polar surface area (TPSA) is 84.7 Å². The van der Waals surface area contributed by atoms with E-state index in [2.05, 4.69) is 10.1 Å². The number of carbonyl (C=O) groups excluding carboxylic acids is 1. The number of hydrogen-bond acceptors (Lipinski definition) is 8. The van der Waals surface area contributed by atoms with Crippen molar-refractivity contribution in [3.8, 4) is 28.2 Å². The molecule has 0 bridgehead atoms. The van der Waals surface area contributed by atoms with Gasteiger partial charge in [0.2, 0.25) is 6.79 Å². The van der Waals surface area contributed by atoms with Gasteiger partial charge < -0.3 is 18.9 Å². The van der Waals surface area contributed by atoms with Gasteiger partial charge in [0.05, 0.1) is 11.5 Å². The molecule has 2 aromatic heterocycles. The van der Waals surface area contributed by atoms with Crippen LogP contribution in [0, 0.1) is 0 Å². The Kier molecular flexibility index (Phi) is 4.55. The van der Waals surface area contributed by atoms with Crippen LogP contribution in [-0.2, 0) is 4.74 Å². The lowest BCUT2D eigenvalue weighted by molar-refractivity contribution is 0.0942. The van der Waals surface area contributed by atoms with Crippen LogP contribution in [-0.4, -0.2) is 47.8 Å². The summed E-state index contributed by atoms with van der Waals surface area (Å²) in [6.45, 7) is 0.843. The third-order valence-corrected chi connectivity index (χ3v) is 4.53. The van der Waals surface area contributed by atoms with Gasteiger partial charge in [-0.1, -0.05) is 6.07 Å². The Morgan fingerprint density at radius 3 is 2.96 bits per heavy atom. The van der Waals surface area contributed by atoms with Gasteiger partial charge in [-0.2, -0.15) is 9.67 Å². The molecule has 4 rings (SSSR count). The molecule has 9 heteroatoms. The Morgan fingerprint density at radius 2 is 2.15 bits per heavy atom. The number of thiophene rings is 1. The fraction of sp³-hybridized carbons (Fsp3) is 0.235. The Labute approximate surface area is 152 Å². The lowest BCUT2D eigenvalue weighted by Gasteiger charge is -2.04. The smallest absolute Gasteiger partial charge is 0.336 e. The minimum absolute atomic E-state index is 0.125. The summed E-state index contributed by atoms with van der Waals surface area (Å²) in [5.74, 6) is 1.24. The van der Waals surface area contributed by atoms with E-state index < -0.39 is 0 Å². The summed E-state index contributed by atoms with van der Waals surface area (Å²) in [7, 11) is 1.58. The second-order valence-corrected chi connectivity index (χ2v) is 6.27. The molecule has 0 unspecified atom stereocenters. The number of aromatic nitrogens is 3. The molecule has 0 spiro atoms. The largest absolute Gasteiger partial charge is 0.460 e. The Morgan fingerprint density at radius 1 is 1.27 bits per heavy atom. The summed E-state index contributed by atoms with van der Waals surface area (Å²) >= 11 is 1.46. The molecule has 1 aliphatic rings. The first-order valence-corrected chi connectivity index (χ1v) is 8.71. The molecule has 0 atom stereocenters. The molecule has 0 aliphatic carbocycles. The number of hydrogen-bond donors (Lipinski definition) is 0. The first-order chi connectivity index (χ1) is 12.8. The molecule has 134 valence electrons. The maximum Gasteiger partial charge on any atom is 0.336 e. The van der Waals surface area contributed by atoms with Crippen LogP contribution < -0.4 is 14.2 Å². The number of methoxy groups -OCH3 is 1. The zero-order valence-electron chi connectivity index (χ0n) is 13.9. The van der Waals surface area contributed by atoms with E-state index in [1.54, 1.807) is 25.3 Å². The summed E-state index contributed by atoms with van der Waals surface area (Å²) in [6.07, 6.45) is 0. The summed E-state index contributed by atoms with van der Waals surface area (Å²) in [5.41, 5.74) is 0.417. The van der Waals surface area contributed by atoms with E-state index >= 15 is 0 Å². The van der Waals surface area contributed by atoms with Gasteiger partial charge in [0, 0.05) is 12.7 Å². The highest BCUT2D eigenvalue weighted by Crippen LogP contribution is 2.33. The third-order valence-electron chi connectivity index (χ3n) is 3.66. The molecule has 0 N–H and O–H groups in total. The zero-order valence-corrected chi connectivity index (χ0v) is 14.7. The number of rotatable bonds is 6. The van der Waals surface area contributed by atoms with Gasteiger partial charge in [0.25, 0.3) is 5.91 Å². The van der Waals surface area contributed by atoms with Gasteiger partial charge in [-0.25, -0.2) is 0 Å².